The predicted molar refractivity (Wildman–Crippen MR) is 79.6 cm³/mol. The van der Waals surface area contributed by atoms with Crippen LogP contribution < -0.4 is 10.6 Å². The SMILES string of the molecule is Cc1nc(CC(C)C)c(NC(=O)CNCC2CC2)s1. The lowest BCUT2D eigenvalue weighted by molar-refractivity contribution is -0.115. The van der Waals surface area contributed by atoms with E-state index in [0.29, 0.717) is 12.5 Å². The zero-order valence-electron chi connectivity index (χ0n) is 12.0. The minimum Gasteiger partial charge on any atom is -0.315 e. The molecule has 0 aliphatic heterocycles. The maximum Gasteiger partial charge on any atom is 0.238 e. The van der Waals surface area contributed by atoms with Crippen molar-refractivity contribution in [1.82, 2.24) is 10.3 Å². The van der Waals surface area contributed by atoms with Crippen LogP contribution in [0.2, 0.25) is 0 Å². The van der Waals surface area contributed by atoms with Gasteiger partial charge in [0.1, 0.15) is 5.00 Å². The van der Waals surface area contributed by atoms with Crippen molar-refractivity contribution in [3.63, 3.8) is 0 Å². The molecule has 0 spiro atoms. The van der Waals surface area contributed by atoms with Gasteiger partial charge < -0.3 is 10.6 Å². The summed E-state index contributed by atoms with van der Waals surface area (Å²) in [5, 5.41) is 8.12. The minimum atomic E-state index is 0.0364. The topological polar surface area (TPSA) is 54.0 Å². The summed E-state index contributed by atoms with van der Waals surface area (Å²) in [5.41, 5.74) is 1.02. The van der Waals surface area contributed by atoms with Crippen LogP contribution in [0.3, 0.4) is 0 Å². The van der Waals surface area contributed by atoms with E-state index in [1.807, 2.05) is 6.92 Å². The van der Waals surface area contributed by atoms with E-state index < -0.39 is 0 Å². The fourth-order valence-electron chi connectivity index (χ4n) is 1.98. The van der Waals surface area contributed by atoms with Gasteiger partial charge in [-0.15, -0.1) is 11.3 Å². The van der Waals surface area contributed by atoms with Crippen LogP contribution in [0.1, 0.15) is 37.4 Å². The standard InChI is InChI=1S/C14H23N3OS/c1-9(2)6-12-14(19-10(3)16-12)17-13(18)8-15-7-11-4-5-11/h9,11,15H,4-8H2,1-3H3,(H,17,18). The molecule has 1 fully saturated rings. The van der Waals surface area contributed by atoms with Crippen LogP contribution in [0.4, 0.5) is 5.00 Å². The average Bonchev–Trinajstić information content (AvgIpc) is 3.05. The van der Waals surface area contributed by atoms with Gasteiger partial charge in [-0.2, -0.15) is 0 Å². The van der Waals surface area contributed by atoms with Gasteiger partial charge >= 0.3 is 0 Å². The lowest BCUT2D eigenvalue weighted by atomic mass is 10.1. The number of carbonyl (C=O) groups is 1. The maximum absolute atomic E-state index is 11.9. The third kappa shape index (κ3) is 4.91. The molecule has 1 aliphatic rings. The quantitative estimate of drug-likeness (QED) is 0.807. The molecule has 2 rings (SSSR count). The number of thiazole rings is 1. The van der Waals surface area contributed by atoms with Gasteiger partial charge in [0.25, 0.3) is 0 Å². The Morgan fingerprint density at radius 2 is 2.21 bits per heavy atom. The van der Waals surface area contributed by atoms with E-state index in [1.54, 1.807) is 11.3 Å². The first-order valence-electron chi connectivity index (χ1n) is 7.01. The Balaban J connectivity index is 1.83. The molecule has 0 unspecified atom stereocenters. The van der Waals surface area contributed by atoms with Crippen molar-refractivity contribution < 1.29 is 4.79 Å². The summed E-state index contributed by atoms with van der Waals surface area (Å²) in [6.45, 7) is 7.67. The number of aromatic nitrogens is 1. The molecule has 1 aromatic heterocycles. The highest BCUT2D eigenvalue weighted by Gasteiger charge is 2.20. The molecule has 0 atom stereocenters. The number of amides is 1. The summed E-state index contributed by atoms with van der Waals surface area (Å²) in [5.74, 6) is 1.38. The van der Waals surface area contributed by atoms with Crippen LogP contribution >= 0.6 is 11.3 Å². The summed E-state index contributed by atoms with van der Waals surface area (Å²) in [6.07, 6.45) is 3.53. The van der Waals surface area contributed by atoms with Gasteiger partial charge in [-0.1, -0.05) is 13.8 Å². The third-order valence-corrected chi connectivity index (χ3v) is 4.00. The molecule has 1 amide bonds. The highest BCUT2D eigenvalue weighted by Crippen LogP contribution is 2.28. The molecule has 0 bridgehead atoms. The zero-order valence-corrected chi connectivity index (χ0v) is 12.8. The summed E-state index contributed by atoms with van der Waals surface area (Å²) in [6, 6.07) is 0. The Bertz CT molecular complexity index is 438. The van der Waals surface area contributed by atoms with Gasteiger partial charge in [0.15, 0.2) is 0 Å². The minimum absolute atomic E-state index is 0.0364. The number of nitrogens with zero attached hydrogens (tertiary/aromatic N) is 1. The highest BCUT2D eigenvalue weighted by atomic mass is 32.1. The molecule has 5 heteroatoms. The van der Waals surface area contributed by atoms with Gasteiger partial charge in [-0.25, -0.2) is 4.98 Å². The molecule has 1 saturated carbocycles. The van der Waals surface area contributed by atoms with Gasteiger partial charge in [0.05, 0.1) is 17.2 Å². The van der Waals surface area contributed by atoms with E-state index >= 15 is 0 Å². The fraction of sp³-hybridized carbons (Fsp3) is 0.714. The molecule has 4 nitrogen and oxygen atoms in total. The number of rotatable bonds is 7. The van der Waals surface area contributed by atoms with Crippen molar-refractivity contribution in [3.8, 4) is 0 Å². The number of nitrogens with one attached hydrogen (secondary N) is 2. The Morgan fingerprint density at radius 1 is 1.47 bits per heavy atom. The fourth-order valence-corrected chi connectivity index (χ4v) is 2.84. The second-order valence-corrected chi connectivity index (χ2v) is 6.93. The van der Waals surface area contributed by atoms with Crippen LogP contribution in [0.15, 0.2) is 0 Å². The number of hydrogen-bond acceptors (Lipinski definition) is 4. The molecular weight excluding hydrogens is 258 g/mol. The van der Waals surface area contributed by atoms with Gasteiger partial charge in [-0.3, -0.25) is 4.79 Å². The number of hydrogen-bond donors (Lipinski definition) is 2. The number of carbonyl (C=O) groups excluding carboxylic acids is 1. The largest absolute Gasteiger partial charge is 0.315 e. The molecule has 106 valence electrons. The Labute approximate surface area is 119 Å². The van der Waals surface area contributed by atoms with Gasteiger partial charge in [0.2, 0.25) is 5.91 Å². The second-order valence-electron chi connectivity index (χ2n) is 5.73. The first kappa shape index (κ1) is 14.5. The second kappa shape index (κ2) is 6.48. The van der Waals surface area contributed by atoms with Crippen molar-refractivity contribution >= 4 is 22.2 Å². The van der Waals surface area contributed by atoms with Gasteiger partial charge in [0, 0.05) is 0 Å². The lowest BCUT2D eigenvalue weighted by Gasteiger charge is -2.07. The van der Waals surface area contributed by atoms with Crippen molar-refractivity contribution in [1.29, 1.82) is 0 Å². The summed E-state index contributed by atoms with van der Waals surface area (Å²) in [7, 11) is 0. The highest BCUT2D eigenvalue weighted by molar-refractivity contribution is 7.16. The summed E-state index contributed by atoms with van der Waals surface area (Å²) >= 11 is 1.57. The summed E-state index contributed by atoms with van der Waals surface area (Å²) < 4.78 is 0. The van der Waals surface area contributed by atoms with Gasteiger partial charge in [-0.05, 0) is 44.6 Å². The molecule has 2 N–H and O–H groups in total. The normalized spacial score (nSPS) is 14.9. The van der Waals surface area contributed by atoms with E-state index in [9.17, 15) is 4.79 Å². The first-order valence-corrected chi connectivity index (χ1v) is 7.83. The van der Waals surface area contributed by atoms with Crippen molar-refractivity contribution in [3.05, 3.63) is 10.7 Å². The third-order valence-electron chi connectivity index (χ3n) is 3.07. The molecular formula is C14H23N3OS. The van der Waals surface area contributed by atoms with E-state index in [2.05, 4.69) is 29.5 Å². The first-order chi connectivity index (χ1) is 9.04. The lowest BCUT2D eigenvalue weighted by Crippen LogP contribution is -2.29. The summed E-state index contributed by atoms with van der Waals surface area (Å²) in [4.78, 5) is 16.4. The molecule has 1 heterocycles. The van der Waals surface area contributed by atoms with Crippen LogP contribution in [-0.4, -0.2) is 24.0 Å². The molecule has 1 aliphatic carbocycles. The van der Waals surface area contributed by atoms with E-state index in [4.69, 9.17) is 0 Å². The van der Waals surface area contributed by atoms with E-state index in [1.165, 1.54) is 12.8 Å². The van der Waals surface area contributed by atoms with Crippen molar-refractivity contribution in [2.24, 2.45) is 11.8 Å². The van der Waals surface area contributed by atoms with Crippen LogP contribution in [0, 0.1) is 18.8 Å². The van der Waals surface area contributed by atoms with Crippen LogP contribution in [-0.2, 0) is 11.2 Å². The van der Waals surface area contributed by atoms with E-state index in [0.717, 1.165) is 34.6 Å². The number of aryl methyl sites for hydroxylation is 1. The zero-order chi connectivity index (χ0) is 13.8. The van der Waals surface area contributed by atoms with Crippen LogP contribution in [0.5, 0.6) is 0 Å². The van der Waals surface area contributed by atoms with Crippen molar-refractivity contribution in [2.45, 2.75) is 40.0 Å². The smallest absolute Gasteiger partial charge is 0.238 e. The molecule has 19 heavy (non-hydrogen) atoms. The Hall–Kier alpha value is -0.940. The van der Waals surface area contributed by atoms with E-state index in [-0.39, 0.29) is 5.91 Å². The predicted octanol–water partition coefficient (Wildman–Crippen LogP) is 2.59. The Morgan fingerprint density at radius 3 is 2.84 bits per heavy atom. The monoisotopic (exact) mass is 281 g/mol. The molecule has 0 saturated heterocycles. The Kier molecular flexibility index (Phi) is 4.93. The number of anilines is 1. The van der Waals surface area contributed by atoms with Crippen molar-refractivity contribution in [2.75, 3.05) is 18.4 Å². The maximum atomic E-state index is 11.9. The molecule has 1 aromatic rings. The molecule has 0 aromatic carbocycles. The van der Waals surface area contributed by atoms with Crippen LogP contribution in [0.25, 0.3) is 0 Å². The molecule has 0 radical (unpaired) electrons. The average molecular weight is 281 g/mol.